The van der Waals surface area contributed by atoms with E-state index in [4.69, 9.17) is 0 Å². The van der Waals surface area contributed by atoms with E-state index in [1.807, 2.05) is 18.2 Å². The van der Waals surface area contributed by atoms with Gasteiger partial charge in [-0.3, -0.25) is 14.2 Å². The highest BCUT2D eigenvalue weighted by Gasteiger charge is 2.25. The predicted octanol–water partition coefficient (Wildman–Crippen LogP) is 3.10. The molecule has 1 aliphatic heterocycles. The van der Waals surface area contributed by atoms with Crippen LogP contribution in [0.4, 0.5) is 4.39 Å². The van der Waals surface area contributed by atoms with Crippen molar-refractivity contribution in [3.8, 4) is 5.75 Å². The molecule has 178 valence electrons. The molecule has 2 aromatic carbocycles. The summed E-state index contributed by atoms with van der Waals surface area (Å²) in [7, 11) is 2.09. The Labute approximate surface area is 197 Å². The molecule has 8 heteroatoms. The van der Waals surface area contributed by atoms with Crippen molar-refractivity contribution in [3.63, 3.8) is 0 Å². The number of rotatable bonds is 7. The normalized spacial score (nSPS) is 15.6. The lowest BCUT2D eigenvalue weighted by Gasteiger charge is -2.22. The minimum absolute atomic E-state index is 0.133. The topological polar surface area (TPSA) is 87.5 Å². The maximum atomic E-state index is 13.1. The fraction of sp³-hybridized carbons (Fsp3) is 0.346. The average molecular weight is 465 g/mol. The molecule has 2 N–H and O–H groups in total. The van der Waals surface area contributed by atoms with Crippen LogP contribution in [0.3, 0.4) is 0 Å². The molecule has 0 spiro atoms. The highest BCUT2D eigenvalue weighted by Crippen LogP contribution is 2.22. The molecule has 1 atom stereocenters. The minimum atomic E-state index is -0.639. The van der Waals surface area contributed by atoms with Crippen LogP contribution in [0.2, 0.25) is 0 Å². The van der Waals surface area contributed by atoms with Crippen molar-refractivity contribution in [1.29, 1.82) is 0 Å². The van der Waals surface area contributed by atoms with Crippen molar-refractivity contribution in [3.05, 3.63) is 93.4 Å². The summed E-state index contributed by atoms with van der Waals surface area (Å²) in [5.74, 6) is -0.751. The molecule has 7 nitrogen and oxygen atoms in total. The SMILES string of the molecule is CN(Cc1ccccc1)CC1CCc2nc(C(=O)NCc3ccc(F)cc3)c(O)c(=O)n2CC1. The molecule has 1 aliphatic rings. The third kappa shape index (κ3) is 5.69. The van der Waals surface area contributed by atoms with E-state index in [0.29, 0.717) is 30.3 Å². The van der Waals surface area contributed by atoms with Crippen molar-refractivity contribution < 1.29 is 14.3 Å². The van der Waals surface area contributed by atoms with Gasteiger partial charge in [0.15, 0.2) is 5.69 Å². The monoisotopic (exact) mass is 464 g/mol. The van der Waals surface area contributed by atoms with E-state index in [9.17, 15) is 19.1 Å². The summed E-state index contributed by atoms with van der Waals surface area (Å²) in [5.41, 5.74) is 1.09. The van der Waals surface area contributed by atoms with Gasteiger partial charge in [0.2, 0.25) is 5.75 Å². The number of benzene rings is 2. The van der Waals surface area contributed by atoms with Crippen LogP contribution in [-0.2, 0) is 26.1 Å². The summed E-state index contributed by atoms with van der Waals surface area (Å²) < 4.78 is 14.6. The summed E-state index contributed by atoms with van der Waals surface area (Å²) >= 11 is 0. The maximum Gasteiger partial charge on any atom is 0.296 e. The third-order valence-electron chi connectivity index (χ3n) is 6.21. The third-order valence-corrected chi connectivity index (χ3v) is 6.21. The van der Waals surface area contributed by atoms with Gasteiger partial charge >= 0.3 is 0 Å². The molecule has 34 heavy (non-hydrogen) atoms. The van der Waals surface area contributed by atoms with Gasteiger partial charge in [0, 0.05) is 32.6 Å². The minimum Gasteiger partial charge on any atom is -0.501 e. The number of carbonyl (C=O) groups excluding carboxylic acids is 1. The molecule has 1 aromatic heterocycles. The fourth-order valence-corrected chi connectivity index (χ4v) is 4.41. The van der Waals surface area contributed by atoms with Gasteiger partial charge in [0.1, 0.15) is 11.6 Å². The van der Waals surface area contributed by atoms with Crippen LogP contribution in [-0.4, -0.2) is 39.1 Å². The van der Waals surface area contributed by atoms with Crippen molar-refractivity contribution in [2.75, 3.05) is 13.6 Å². The molecule has 0 saturated heterocycles. The van der Waals surface area contributed by atoms with Gasteiger partial charge in [0.25, 0.3) is 11.5 Å². The smallest absolute Gasteiger partial charge is 0.296 e. The number of fused-ring (bicyclic) bond motifs is 1. The second-order valence-electron chi connectivity index (χ2n) is 8.87. The molecule has 0 aliphatic carbocycles. The summed E-state index contributed by atoms with van der Waals surface area (Å²) in [6, 6.07) is 16.0. The number of nitrogens with one attached hydrogen (secondary N) is 1. The Morgan fingerprint density at radius 3 is 2.62 bits per heavy atom. The lowest BCUT2D eigenvalue weighted by molar-refractivity contribution is 0.0941. The van der Waals surface area contributed by atoms with Crippen LogP contribution in [0.25, 0.3) is 0 Å². The summed E-state index contributed by atoms with van der Waals surface area (Å²) in [4.78, 5) is 32.1. The maximum absolute atomic E-state index is 13.1. The van der Waals surface area contributed by atoms with Crippen molar-refractivity contribution >= 4 is 5.91 Å². The van der Waals surface area contributed by atoms with Gasteiger partial charge in [-0.25, -0.2) is 9.37 Å². The zero-order valence-electron chi connectivity index (χ0n) is 19.2. The van der Waals surface area contributed by atoms with E-state index in [1.54, 1.807) is 12.1 Å². The van der Waals surface area contributed by atoms with Gasteiger partial charge in [0.05, 0.1) is 0 Å². The van der Waals surface area contributed by atoms with Crippen molar-refractivity contribution in [2.45, 2.75) is 38.9 Å². The Hall–Kier alpha value is -3.52. The second kappa shape index (κ2) is 10.6. The predicted molar refractivity (Wildman–Crippen MR) is 127 cm³/mol. The molecular weight excluding hydrogens is 435 g/mol. The fourth-order valence-electron chi connectivity index (χ4n) is 4.41. The van der Waals surface area contributed by atoms with Crippen LogP contribution in [0, 0.1) is 11.7 Å². The number of carbonyl (C=O) groups is 1. The van der Waals surface area contributed by atoms with E-state index < -0.39 is 17.2 Å². The van der Waals surface area contributed by atoms with Gasteiger partial charge in [-0.2, -0.15) is 0 Å². The highest BCUT2D eigenvalue weighted by atomic mass is 19.1. The van der Waals surface area contributed by atoms with Gasteiger partial charge < -0.3 is 15.3 Å². The largest absolute Gasteiger partial charge is 0.501 e. The van der Waals surface area contributed by atoms with Crippen molar-refractivity contribution in [2.24, 2.45) is 5.92 Å². The first kappa shape index (κ1) is 23.6. The molecular formula is C26H29FN4O3. The number of halogens is 1. The summed E-state index contributed by atoms with van der Waals surface area (Å²) in [5, 5.41) is 13.1. The Morgan fingerprint density at radius 2 is 1.88 bits per heavy atom. The number of hydrogen-bond acceptors (Lipinski definition) is 5. The number of aryl methyl sites for hydroxylation is 1. The van der Waals surface area contributed by atoms with Crippen LogP contribution < -0.4 is 10.9 Å². The van der Waals surface area contributed by atoms with E-state index in [-0.39, 0.29) is 18.1 Å². The van der Waals surface area contributed by atoms with Gasteiger partial charge in [-0.05, 0) is 49.1 Å². The van der Waals surface area contributed by atoms with Gasteiger partial charge in [-0.1, -0.05) is 42.5 Å². The van der Waals surface area contributed by atoms with Crippen molar-refractivity contribution in [1.82, 2.24) is 19.8 Å². The summed E-state index contributed by atoms with van der Waals surface area (Å²) in [6.07, 6.45) is 2.19. The first-order valence-electron chi connectivity index (χ1n) is 11.5. The number of aromatic hydroxyl groups is 1. The zero-order valence-corrected chi connectivity index (χ0v) is 19.2. The number of hydrogen-bond donors (Lipinski definition) is 2. The molecule has 0 saturated carbocycles. The molecule has 0 fully saturated rings. The van der Waals surface area contributed by atoms with E-state index >= 15 is 0 Å². The Morgan fingerprint density at radius 1 is 1.15 bits per heavy atom. The standard InChI is InChI=1S/C26H29FN4O3/c1-30(16-19-5-3-2-4-6-19)17-20-9-12-22-29-23(24(32)26(34)31(22)14-13-20)25(33)28-15-18-7-10-21(27)11-8-18/h2-8,10-11,20,32H,9,12-17H2,1H3,(H,28,33). The first-order valence-corrected chi connectivity index (χ1v) is 11.5. The Balaban J connectivity index is 1.41. The van der Waals surface area contributed by atoms with Crippen LogP contribution >= 0.6 is 0 Å². The Kier molecular flexibility index (Phi) is 7.37. The molecule has 3 aromatic rings. The summed E-state index contributed by atoms with van der Waals surface area (Å²) in [6.45, 7) is 2.32. The van der Waals surface area contributed by atoms with E-state index in [1.165, 1.54) is 22.3 Å². The highest BCUT2D eigenvalue weighted by molar-refractivity contribution is 5.94. The van der Waals surface area contributed by atoms with Crippen LogP contribution in [0.15, 0.2) is 59.4 Å². The average Bonchev–Trinajstić information content (AvgIpc) is 3.03. The number of amides is 1. The van der Waals surface area contributed by atoms with E-state index in [2.05, 4.69) is 34.4 Å². The lowest BCUT2D eigenvalue weighted by Crippen LogP contribution is -2.31. The molecule has 4 rings (SSSR count). The number of nitrogens with zero attached hydrogens (tertiary/aromatic N) is 3. The van der Waals surface area contributed by atoms with Gasteiger partial charge in [-0.15, -0.1) is 0 Å². The molecule has 0 bridgehead atoms. The lowest BCUT2D eigenvalue weighted by atomic mass is 9.99. The number of aromatic nitrogens is 2. The second-order valence-corrected chi connectivity index (χ2v) is 8.87. The quantitative estimate of drug-likeness (QED) is 0.561. The molecule has 1 unspecified atom stereocenters. The zero-order chi connectivity index (χ0) is 24.1. The molecule has 2 heterocycles. The molecule has 1 amide bonds. The van der Waals surface area contributed by atoms with E-state index in [0.717, 1.165) is 25.9 Å². The Bertz CT molecular complexity index is 1200. The first-order chi connectivity index (χ1) is 16.4. The van der Waals surface area contributed by atoms with Crippen LogP contribution in [0.1, 0.15) is 40.3 Å². The van der Waals surface area contributed by atoms with Crippen LogP contribution in [0.5, 0.6) is 5.75 Å². The molecule has 0 radical (unpaired) electrons.